The third-order valence-electron chi connectivity index (χ3n) is 4.62. The number of methoxy groups -OCH3 is 1. The van der Waals surface area contributed by atoms with E-state index in [1.165, 1.54) is 6.07 Å². The third kappa shape index (κ3) is 4.89. The van der Waals surface area contributed by atoms with E-state index in [0.29, 0.717) is 18.8 Å². The molecule has 0 saturated carbocycles. The minimum absolute atomic E-state index is 0.269. The molecule has 3 nitrogen and oxygen atoms in total. The predicted molar refractivity (Wildman–Crippen MR) is 105 cm³/mol. The summed E-state index contributed by atoms with van der Waals surface area (Å²) in [4.78, 5) is 4.25. The highest BCUT2D eigenvalue weighted by Gasteiger charge is 2.34. The smallest absolute Gasteiger partial charge is 0.417 e. The van der Waals surface area contributed by atoms with E-state index in [4.69, 9.17) is 16.3 Å². The summed E-state index contributed by atoms with van der Waals surface area (Å²) in [5, 5.41) is -0.269. The highest BCUT2D eigenvalue weighted by Crippen LogP contribution is 2.37. The first-order valence-corrected chi connectivity index (χ1v) is 9.61. The molecule has 27 heavy (non-hydrogen) atoms. The largest absolute Gasteiger partial charge is 0.496 e. The number of hydrogen-bond acceptors (Lipinski definition) is 3. The predicted octanol–water partition coefficient (Wildman–Crippen LogP) is 5.45. The average molecular weight is 464 g/mol. The number of halogens is 5. The van der Waals surface area contributed by atoms with Crippen LogP contribution in [0.2, 0.25) is 5.02 Å². The molecule has 146 valence electrons. The van der Waals surface area contributed by atoms with Crippen molar-refractivity contribution < 1.29 is 17.9 Å². The molecule has 1 heterocycles. The van der Waals surface area contributed by atoms with Gasteiger partial charge in [0, 0.05) is 38.4 Å². The highest BCUT2D eigenvalue weighted by atomic mass is 79.9. The molecule has 1 aliphatic rings. The summed E-state index contributed by atoms with van der Waals surface area (Å²) in [5.41, 5.74) is 0.924. The standard InChI is InChI=1S/C19H19BrClF3N2O/c1-27-18-5-2-13(10-16(18)20)12-25-6-8-26(9-7-25)14-3-4-17(21)15(11-14)19(22,23)24/h2-5,10-11H,6-9,12H2,1H3. The first-order valence-electron chi connectivity index (χ1n) is 8.44. The van der Waals surface area contributed by atoms with Crippen LogP contribution in [0.5, 0.6) is 5.75 Å². The van der Waals surface area contributed by atoms with Gasteiger partial charge in [-0.2, -0.15) is 13.2 Å². The van der Waals surface area contributed by atoms with E-state index in [1.807, 2.05) is 23.1 Å². The zero-order valence-corrected chi connectivity index (χ0v) is 17.0. The van der Waals surface area contributed by atoms with Gasteiger partial charge in [0.15, 0.2) is 0 Å². The second-order valence-corrected chi connectivity index (χ2v) is 7.66. The number of piperazine rings is 1. The van der Waals surface area contributed by atoms with Crippen LogP contribution in [-0.4, -0.2) is 38.2 Å². The van der Waals surface area contributed by atoms with Crippen LogP contribution < -0.4 is 9.64 Å². The van der Waals surface area contributed by atoms with Crippen LogP contribution in [0.4, 0.5) is 18.9 Å². The van der Waals surface area contributed by atoms with E-state index < -0.39 is 11.7 Å². The molecule has 1 saturated heterocycles. The maximum Gasteiger partial charge on any atom is 0.417 e. The number of anilines is 1. The zero-order valence-electron chi connectivity index (χ0n) is 14.7. The van der Waals surface area contributed by atoms with Gasteiger partial charge < -0.3 is 9.64 Å². The number of ether oxygens (including phenoxy) is 1. The van der Waals surface area contributed by atoms with Gasteiger partial charge >= 0.3 is 6.18 Å². The number of benzene rings is 2. The molecule has 8 heteroatoms. The fourth-order valence-corrected chi connectivity index (χ4v) is 3.97. The number of alkyl halides is 3. The molecule has 0 aliphatic carbocycles. The van der Waals surface area contributed by atoms with E-state index in [-0.39, 0.29) is 5.02 Å². The molecule has 0 spiro atoms. The quantitative estimate of drug-likeness (QED) is 0.599. The first-order chi connectivity index (χ1) is 12.8. The lowest BCUT2D eigenvalue weighted by atomic mass is 10.1. The molecular weight excluding hydrogens is 445 g/mol. The number of nitrogens with zero attached hydrogens (tertiary/aromatic N) is 2. The van der Waals surface area contributed by atoms with Crippen LogP contribution >= 0.6 is 27.5 Å². The second kappa shape index (κ2) is 8.29. The topological polar surface area (TPSA) is 15.7 Å². The van der Waals surface area contributed by atoms with Crippen molar-refractivity contribution in [1.82, 2.24) is 4.90 Å². The monoisotopic (exact) mass is 462 g/mol. The van der Waals surface area contributed by atoms with Crippen molar-refractivity contribution in [2.75, 3.05) is 38.2 Å². The van der Waals surface area contributed by atoms with Crippen LogP contribution in [0.15, 0.2) is 40.9 Å². The maximum absolute atomic E-state index is 13.1. The van der Waals surface area contributed by atoms with Gasteiger partial charge in [-0.25, -0.2) is 0 Å². The zero-order chi connectivity index (χ0) is 19.6. The first kappa shape index (κ1) is 20.3. The van der Waals surface area contributed by atoms with Gasteiger partial charge in [-0.15, -0.1) is 0 Å². The van der Waals surface area contributed by atoms with E-state index >= 15 is 0 Å². The van der Waals surface area contributed by atoms with Crippen molar-refractivity contribution in [3.8, 4) is 5.75 Å². The van der Waals surface area contributed by atoms with Crippen LogP contribution in [0.25, 0.3) is 0 Å². The second-order valence-electron chi connectivity index (χ2n) is 6.39. The molecule has 2 aromatic carbocycles. The van der Waals surface area contributed by atoms with Crippen LogP contribution in [0, 0.1) is 0 Å². The molecule has 0 aromatic heterocycles. The van der Waals surface area contributed by atoms with Gasteiger partial charge in [0.25, 0.3) is 0 Å². The summed E-state index contributed by atoms with van der Waals surface area (Å²) in [6.07, 6.45) is -4.45. The molecule has 2 aromatic rings. The maximum atomic E-state index is 13.1. The summed E-state index contributed by atoms with van der Waals surface area (Å²) >= 11 is 9.19. The van der Waals surface area contributed by atoms with Gasteiger partial charge in [0.1, 0.15) is 5.75 Å². The molecule has 1 aliphatic heterocycles. The number of rotatable bonds is 4. The van der Waals surface area contributed by atoms with Gasteiger partial charge in [0.05, 0.1) is 22.2 Å². The lowest BCUT2D eigenvalue weighted by Crippen LogP contribution is -2.46. The van der Waals surface area contributed by atoms with Crippen LogP contribution in [-0.2, 0) is 12.7 Å². The molecule has 0 bridgehead atoms. The third-order valence-corrected chi connectivity index (χ3v) is 5.56. The molecule has 3 rings (SSSR count). The molecule has 0 amide bonds. The fraction of sp³-hybridized carbons (Fsp3) is 0.368. The van der Waals surface area contributed by atoms with Gasteiger partial charge in [-0.3, -0.25) is 4.90 Å². The van der Waals surface area contributed by atoms with E-state index in [1.54, 1.807) is 13.2 Å². The van der Waals surface area contributed by atoms with Crippen molar-refractivity contribution in [1.29, 1.82) is 0 Å². The fourth-order valence-electron chi connectivity index (χ4n) is 3.16. The summed E-state index contributed by atoms with van der Waals surface area (Å²) in [6.45, 7) is 3.65. The SMILES string of the molecule is COc1ccc(CN2CCN(c3ccc(Cl)c(C(F)(F)F)c3)CC2)cc1Br. The van der Waals surface area contributed by atoms with Crippen molar-refractivity contribution in [3.05, 3.63) is 57.0 Å². The van der Waals surface area contributed by atoms with Crippen LogP contribution in [0.3, 0.4) is 0 Å². The van der Waals surface area contributed by atoms with Gasteiger partial charge in [-0.1, -0.05) is 17.7 Å². The van der Waals surface area contributed by atoms with E-state index in [0.717, 1.165) is 41.5 Å². The normalized spacial score (nSPS) is 15.9. The Morgan fingerprint density at radius 3 is 2.37 bits per heavy atom. The Labute approximate surface area is 169 Å². The Morgan fingerprint density at radius 1 is 1.07 bits per heavy atom. The lowest BCUT2D eigenvalue weighted by molar-refractivity contribution is -0.137. The van der Waals surface area contributed by atoms with E-state index in [9.17, 15) is 13.2 Å². The van der Waals surface area contributed by atoms with Crippen molar-refractivity contribution in [2.45, 2.75) is 12.7 Å². The Balaban J connectivity index is 1.63. The van der Waals surface area contributed by atoms with Crippen molar-refractivity contribution in [3.63, 3.8) is 0 Å². The lowest BCUT2D eigenvalue weighted by Gasteiger charge is -2.36. The summed E-state index contributed by atoms with van der Waals surface area (Å²) in [7, 11) is 1.62. The van der Waals surface area contributed by atoms with E-state index in [2.05, 4.69) is 20.8 Å². The Bertz CT molecular complexity index is 808. The summed E-state index contributed by atoms with van der Waals surface area (Å²) < 4.78 is 45.3. The minimum atomic E-state index is -4.45. The van der Waals surface area contributed by atoms with Crippen molar-refractivity contribution in [2.24, 2.45) is 0 Å². The van der Waals surface area contributed by atoms with Crippen LogP contribution in [0.1, 0.15) is 11.1 Å². The molecular formula is C19H19BrClF3N2O. The molecule has 0 atom stereocenters. The molecule has 0 radical (unpaired) electrons. The summed E-state index contributed by atoms with van der Waals surface area (Å²) in [5.74, 6) is 0.784. The summed E-state index contributed by atoms with van der Waals surface area (Å²) in [6, 6.07) is 10.1. The minimum Gasteiger partial charge on any atom is -0.496 e. The number of hydrogen-bond donors (Lipinski definition) is 0. The molecule has 0 unspecified atom stereocenters. The molecule has 1 fully saturated rings. The Kier molecular flexibility index (Phi) is 6.23. The Hall–Kier alpha value is -1.44. The average Bonchev–Trinajstić information content (AvgIpc) is 2.62. The van der Waals surface area contributed by atoms with Crippen molar-refractivity contribution >= 4 is 33.2 Å². The Morgan fingerprint density at radius 2 is 1.78 bits per heavy atom. The highest BCUT2D eigenvalue weighted by molar-refractivity contribution is 9.10. The van der Waals surface area contributed by atoms with Gasteiger partial charge in [0.2, 0.25) is 0 Å². The van der Waals surface area contributed by atoms with Gasteiger partial charge in [-0.05, 0) is 51.8 Å². The molecule has 0 N–H and O–H groups in total.